The normalized spacial score (nSPS) is 11.3. The van der Waals surface area contributed by atoms with Gasteiger partial charge in [-0.15, -0.1) is 0 Å². The molecule has 4 N–H and O–H groups in total. The standard InChI is InChI=1S/C14H14BrN3O/c15-12-5-2-6-13(8-12)17-9-10-3-1-4-11(7-10)14(16)18-19/h1-8,17,19H,9H2,(H2,16,18). The van der Waals surface area contributed by atoms with E-state index in [1.165, 1.54) is 0 Å². The maximum atomic E-state index is 8.66. The van der Waals surface area contributed by atoms with Crippen LogP contribution in [-0.2, 0) is 6.54 Å². The van der Waals surface area contributed by atoms with Crippen LogP contribution in [0.2, 0.25) is 0 Å². The van der Waals surface area contributed by atoms with Gasteiger partial charge in [0.1, 0.15) is 0 Å². The fourth-order valence-corrected chi connectivity index (χ4v) is 2.10. The van der Waals surface area contributed by atoms with E-state index in [9.17, 15) is 0 Å². The Bertz CT molecular complexity index is 599. The Balaban J connectivity index is 2.08. The third-order valence-electron chi connectivity index (χ3n) is 2.65. The molecule has 0 aromatic heterocycles. The first-order chi connectivity index (χ1) is 9.19. The lowest BCUT2D eigenvalue weighted by Crippen LogP contribution is -2.13. The molecule has 0 bridgehead atoms. The maximum absolute atomic E-state index is 8.66. The molecular weight excluding hydrogens is 306 g/mol. The summed E-state index contributed by atoms with van der Waals surface area (Å²) in [6.45, 7) is 0.670. The van der Waals surface area contributed by atoms with Crippen molar-refractivity contribution in [2.75, 3.05) is 5.32 Å². The van der Waals surface area contributed by atoms with Gasteiger partial charge >= 0.3 is 0 Å². The Labute approximate surface area is 120 Å². The van der Waals surface area contributed by atoms with Gasteiger partial charge in [0.25, 0.3) is 0 Å². The zero-order valence-corrected chi connectivity index (χ0v) is 11.8. The molecule has 4 nitrogen and oxygen atoms in total. The van der Waals surface area contributed by atoms with E-state index >= 15 is 0 Å². The lowest BCUT2D eigenvalue weighted by Gasteiger charge is -2.08. The zero-order chi connectivity index (χ0) is 13.7. The Kier molecular flexibility index (Phi) is 4.41. The fourth-order valence-electron chi connectivity index (χ4n) is 1.70. The van der Waals surface area contributed by atoms with E-state index in [0.29, 0.717) is 12.1 Å². The number of rotatable bonds is 4. The molecule has 2 aromatic rings. The van der Waals surface area contributed by atoms with E-state index in [1.807, 2.05) is 42.5 Å². The Morgan fingerprint density at radius 3 is 2.74 bits per heavy atom. The molecule has 0 aliphatic heterocycles. The van der Waals surface area contributed by atoms with Crippen molar-refractivity contribution in [3.8, 4) is 0 Å². The smallest absolute Gasteiger partial charge is 0.170 e. The van der Waals surface area contributed by atoms with Gasteiger partial charge in [-0.25, -0.2) is 0 Å². The molecular formula is C14H14BrN3O. The van der Waals surface area contributed by atoms with Crippen LogP contribution in [0.25, 0.3) is 0 Å². The van der Waals surface area contributed by atoms with E-state index in [1.54, 1.807) is 6.07 Å². The van der Waals surface area contributed by atoms with Crippen molar-refractivity contribution in [1.82, 2.24) is 0 Å². The number of oxime groups is 1. The van der Waals surface area contributed by atoms with Gasteiger partial charge < -0.3 is 16.3 Å². The van der Waals surface area contributed by atoms with Crippen LogP contribution >= 0.6 is 15.9 Å². The molecule has 5 heteroatoms. The molecule has 0 saturated carbocycles. The predicted molar refractivity (Wildman–Crippen MR) is 80.4 cm³/mol. The van der Waals surface area contributed by atoms with Crippen LogP contribution in [-0.4, -0.2) is 11.0 Å². The van der Waals surface area contributed by atoms with Gasteiger partial charge in [-0.05, 0) is 29.8 Å². The van der Waals surface area contributed by atoms with E-state index in [-0.39, 0.29) is 5.84 Å². The quantitative estimate of drug-likeness (QED) is 0.351. The summed E-state index contributed by atoms with van der Waals surface area (Å²) < 4.78 is 1.03. The molecule has 0 radical (unpaired) electrons. The minimum atomic E-state index is 0.115. The second-order valence-corrected chi connectivity index (χ2v) is 4.97. The number of halogens is 1. The second kappa shape index (κ2) is 6.24. The second-order valence-electron chi connectivity index (χ2n) is 4.05. The summed E-state index contributed by atoms with van der Waals surface area (Å²) in [6.07, 6.45) is 0. The summed E-state index contributed by atoms with van der Waals surface area (Å²) in [7, 11) is 0. The molecule has 0 aliphatic carbocycles. The summed E-state index contributed by atoms with van der Waals surface area (Å²) in [5.41, 5.74) is 8.36. The summed E-state index contributed by atoms with van der Waals surface area (Å²) in [5, 5.41) is 15.0. The minimum absolute atomic E-state index is 0.115. The number of amidine groups is 1. The highest BCUT2D eigenvalue weighted by Gasteiger charge is 2.01. The van der Waals surface area contributed by atoms with E-state index < -0.39 is 0 Å². The van der Waals surface area contributed by atoms with E-state index in [4.69, 9.17) is 10.9 Å². The van der Waals surface area contributed by atoms with Gasteiger partial charge in [-0.1, -0.05) is 45.4 Å². The van der Waals surface area contributed by atoms with Gasteiger partial charge in [0.05, 0.1) is 0 Å². The molecule has 0 unspecified atom stereocenters. The molecule has 98 valence electrons. The van der Waals surface area contributed by atoms with E-state index in [2.05, 4.69) is 26.4 Å². The van der Waals surface area contributed by atoms with Crippen LogP contribution in [0.3, 0.4) is 0 Å². The first kappa shape index (κ1) is 13.4. The molecule has 0 aliphatic rings. The minimum Gasteiger partial charge on any atom is -0.409 e. The SMILES string of the molecule is NC(=NO)c1cccc(CNc2cccc(Br)c2)c1. The highest BCUT2D eigenvalue weighted by molar-refractivity contribution is 9.10. The van der Waals surface area contributed by atoms with Crippen molar-refractivity contribution in [3.63, 3.8) is 0 Å². The molecule has 0 fully saturated rings. The van der Waals surface area contributed by atoms with Crippen molar-refractivity contribution < 1.29 is 5.21 Å². The van der Waals surface area contributed by atoms with E-state index in [0.717, 1.165) is 15.7 Å². The average molecular weight is 320 g/mol. The summed E-state index contributed by atoms with van der Waals surface area (Å²) in [5.74, 6) is 0.115. The predicted octanol–water partition coefficient (Wildman–Crippen LogP) is 3.16. The molecule has 0 atom stereocenters. The Morgan fingerprint density at radius 1 is 1.21 bits per heavy atom. The number of nitrogens with zero attached hydrogens (tertiary/aromatic N) is 1. The number of hydrogen-bond acceptors (Lipinski definition) is 3. The fraction of sp³-hybridized carbons (Fsp3) is 0.0714. The first-order valence-electron chi connectivity index (χ1n) is 5.75. The van der Waals surface area contributed by atoms with Crippen LogP contribution in [0.4, 0.5) is 5.69 Å². The average Bonchev–Trinajstić information content (AvgIpc) is 2.45. The highest BCUT2D eigenvalue weighted by Crippen LogP contribution is 2.16. The molecule has 19 heavy (non-hydrogen) atoms. The van der Waals surface area contributed by atoms with Gasteiger partial charge in [-0.3, -0.25) is 0 Å². The first-order valence-corrected chi connectivity index (χ1v) is 6.54. The van der Waals surface area contributed by atoms with Crippen LogP contribution in [0.15, 0.2) is 58.2 Å². The van der Waals surface area contributed by atoms with Gasteiger partial charge in [0.2, 0.25) is 0 Å². The third kappa shape index (κ3) is 3.72. The van der Waals surface area contributed by atoms with Crippen molar-refractivity contribution in [2.24, 2.45) is 10.9 Å². The molecule has 0 spiro atoms. The molecule has 2 aromatic carbocycles. The molecule has 2 rings (SSSR count). The summed E-state index contributed by atoms with van der Waals surface area (Å²) in [4.78, 5) is 0. The van der Waals surface area contributed by atoms with Crippen molar-refractivity contribution in [1.29, 1.82) is 0 Å². The highest BCUT2D eigenvalue weighted by atomic mass is 79.9. The van der Waals surface area contributed by atoms with Crippen LogP contribution in [0.1, 0.15) is 11.1 Å². The van der Waals surface area contributed by atoms with Crippen LogP contribution < -0.4 is 11.1 Å². The molecule has 0 saturated heterocycles. The van der Waals surface area contributed by atoms with Crippen LogP contribution in [0, 0.1) is 0 Å². The van der Waals surface area contributed by atoms with Crippen molar-refractivity contribution in [2.45, 2.75) is 6.54 Å². The van der Waals surface area contributed by atoms with Crippen LogP contribution in [0.5, 0.6) is 0 Å². The van der Waals surface area contributed by atoms with Gasteiger partial charge in [0.15, 0.2) is 5.84 Å². The zero-order valence-electron chi connectivity index (χ0n) is 10.2. The summed E-state index contributed by atoms with van der Waals surface area (Å²) >= 11 is 3.43. The number of anilines is 1. The number of nitrogens with one attached hydrogen (secondary N) is 1. The summed E-state index contributed by atoms with van der Waals surface area (Å²) in [6, 6.07) is 15.5. The largest absolute Gasteiger partial charge is 0.409 e. The lowest BCUT2D eigenvalue weighted by atomic mass is 10.1. The van der Waals surface area contributed by atoms with Gasteiger partial charge in [0, 0.05) is 22.3 Å². The Morgan fingerprint density at radius 2 is 2.00 bits per heavy atom. The van der Waals surface area contributed by atoms with Gasteiger partial charge in [-0.2, -0.15) is 0 Å². The number of nitrogens with two attached hydrogens (primary N) is 1. The van der Waals surface area contributed by atoms with Crippen molar-refractivity contribution in [3.05, 3.63) is 64.1 Å². The topological polar surface area (TPSA) is 70.6 Å². The lowest BCUT2D eigenvalue weighted by molar-refractivity contribution is 0.318. The monoisotopic (exact) mass is 319 g/mol. The third-order valence-corrected chi connectivity index (χ3v) is 3.14. The number of hydrogen-bond donors (Lipinski definition) is 3. The molecule has 0 heterocycles. The maximum Gasteiger partial charge on any atom is 0.170 e. The van der Waals surface area contributed by atoms with Crippen molar-refractivity contribution >= 4 is 27.5 Å². The number of benzene rings is 2. The Hall–Kier alpha value is -2.01. The molecule has 0 amide bonds.